The van der Waals surface area contributed by atoms with Gasteiger partial charge in [-0.2, -0.15) is 0 Å². The quantitative estimate of drug-likeness (QED) is 0.790. The molecule has 0 spiro atoms. The molecule has 1 atom stereocenters. The molecule has 0 saturated carbocycles. The lowest BCUT2D eigenvalue weighted by Crippen LogP contribution is -2.24. The van der Waals surface area contributed by atoms with Crippen LogP contribution in [0.25, 0.3) is 0 Å². The average Bonchev–Trinajstić information content (AvgIpc) is 3.03. The first-order chi connectivity index (χ1) is 10.7. The van der Waals surface area contributed by atoms with Crippen LogP contribution in [0.2, 0.25) is 5.02 Å². The van der Waals surface area contributed by atoms with Crippen molar-refractivity contribution in [1.82, 2.24) is 10.0 Å². The lowest BCUT2D eigenvalue weighted by molar-refractivity contribution is 0.537. The SMILES string of the molecule is Fc1c(Cl)cccc1C(Cc1ccccc1)NC1=CNSC1. The van der Waals surface area contributed by atoms with E-state index in [9.17, 15) is 4.39 Å². The third-order valence-corrected chi connectivity index (χ3v) is 4.58. The van der Waals surface area contributed by atoms with E-state index < -0.39 is 0 Å². The van der Waals surface area contributed by atoms with Crippen molar-refractivity contribution in [3.8, 4) is 0 Å². The molecule has 0 fully saturated rings. The van der Waals surface area contributed by atoms with Crippen LogP contribution >= 0.6 is 23.5 Å². The van der Waals surface area contributed by atoms with E-state index in [0.29, 0.717) is 12.0 Å². The van der Waals surface area contributed by atoms with Crippen molar-refractivity contribution >= 4 is 23.5 Å². The minimum Gasteiger partial charge on any atom is -0.379 e. The summed E-state index contributed by atoms with van der Waals surface area (Å²) in [6.07, 6.45) is 2.62. The van der Waals surface area contributed by atoms with E-state index in [1.807, 2.05) is 36.5 Å². The smallest absolute Gasteiger partial charge is 0.147 e. The van der Waals surface area contributed by atoms with Crippen LogP contribution < -0.4 is 10.0 Å². The van der Waals surface area contributed by atoms with Crippen molar-refractivity contribution in [2.45, 2.75) is 12.5 Å². The lowest BCUT2D eigenvalue weighted by Gasteiger charge is -2.22. The third-order valence-electron chi connectivity index (χ3n) is 3.54. The van der Waals surface area contributed by atoms with Crippen molar-refractivity contribution in [2.24, 2.45) is 0 Å². The van der Waals surface area contributed by atoms with Gasteiger partial charge >= 0.3 is 0 Å². The Bertz CT molecular complexity index is 676. The molecule has 0 saturated heterocycles. The van der Waals surface area contributed by atoms with Crippen molar-refractivity contribution in [2.75, 3.05) is 5.75 Å². The summed E-state index contributed by atoms with van der Waals surface area (Å²) in [7, 11) is 0. The monoisotopic (exact) mass is 334 g/mol. The highest BCUT2D eigenvalue weighted by Gasteiger charge is 2.20. The molecule has 0 amide bonds. The minimum absolute atomic E-state index is 0.158. The maximum atomic E-state index is 14.4. The highest BCUT2D eigenvalue weighted by Crippen LogP contribution is 2.27. The Morgan fingerprint density at radius 3 is 2.73 bits per heavy atom. The van der Waals surface area contributed by atoms with E-state index >= 15 is 0 Å². The normalized spacial score (nSPS) is 15.1. The zero-order valence-corrected chi connectivity index (χ0v) is 13.4. The Morgan fingerprint density at radius 1 is 1.18 bits per heavy atom. The predicted octanol–water partition coefficient (Wildman–Crippen LogP) is 4.45. The molecule has 0 aliphatic carbocycles. The van der Waals surface area contributed by atoms with Gasteiger partial charge in [-0.25, -0.2) is 4.39 Å². The fraction of sp³-hybridized carbons (Fsp3) is 0.176. The molecule has 1 aliphatic rings. The highest BCUT2D eigenvalue weighted by atomic mass is 35.5. The Morgan fingerprint density at radius 2 is 2.00 bits per heavy atom. The molecule has 3 rings (SSSR count). The molecule has 22 heavy (non-hydrogen) atoms. The van der Waals surface area contributed by atoms with Gasteiger partial charge in [-0.05, 0) is 30.0 Å². The van der Waals surface area contributed by atoms with Crippen LogP contribution in [0.3, 0.4) is 0 Å². The summed E-state index contributed by atoms with van der Waals surface area (Å²) in [6.45, 7) is 0. The fourth-order valence-corrected chi connectivity index (χ4v) is 3.27. The standard InChI is InChI=1S/C17H16ClFN2S/c18-15-8-4-7-14(17(15)19)16(21-13-10-20-22-11-13)9-12-5-2-1-3-6-12/h1-8,10,16,20-21H,9,11H2. The van der Waals surface area contributed by atoms with E-state index in [2.05, 4.69) is 10.0 Å². The van der Waals surface area contributed by atoms with Gasteiger partial charge in [0.1, 0.15) is 5.82 Å². The summed E-state index contributed by atoms with van der Waals surface area (Å²) in [5.74, 6) is 0.491. The second-order valence-electron chi connectivity index (χ2n) is 5.11. The van der Waals surface area contributed by atoms with Crippen molar-refractivity contribution < 1.29 is 4.39 Å². The van der Waals surface area contributed by atoms with Crippen LogP contribution in [0.4, 0.5) is 4.39 Å². The maximum absolute atomic E-state index is 14.4. The largest absolute Gasteiger partial charge is 0.379 e. The lowest BCUT2D eigenvalue weighted by atomic mass is 9.98. The van der Waals surface area contributed by atoms with Gasteiger partial charge in [-0.3, -0.25) is 0 Å². The van der Waals surface area contributed by atoms with Crippen LogP contribution in [0, 0.1) is 5.82 Å². The average molecular weight is 335 g/mol. The van der Waals surface area contributed by atoms with Crippen LogP contribution in [0.1, 0.15) is 17.2 Å². The van der Waals surface area contributed by atoms with Crippen LogP contribution in [0.5, 0.6) is 0 Å². The first-order valence-electron chi connectivity index (χ1n) is 7.05. The van der Waals surface area contributed by atoms with Gasteiger partial charge < -0.3 is 10.0 Å². The summed E-state index contributed by atoms with van der Waals surface area (Å²) in [4.78, 5) is 0. The number of rotatable bonds is 5. The summed E-state index contributed by atoms with van der Waals surface area (Å²) in [6, 6.07) is 15.1. The molecule has 2 aromatic carbocycles. The molecule has 0 aromatic heterocycles. The number of nitrogens with one attached hydrogen (secondary N) is 2. The van der Waals surface area contributed by atoms with E-state index in [4.69, 9.17) is 11.6 Å². The molecule has 114 valence electrons. The summed E-state index contributed by atoms with van der Waals surface area (Å²) in [5, 5.41) is 3.59. The molecule has 1 heterocycles. The zero-order valence-electron chi connectivity index (χ0n) is 11.9. The number of hydrogen-bond acceptors (Lipinski definition) is 3. The highest BCUT2D eigenvalue weighted by molar-refractivity contribution is 7.97. The van der Waals surface area contributed by atoms with E-state index in [0.717, 1.165) is 17.0 Å². The van der Waals surface area contributed by atoms with E-state index in [-0.39, 0.29) is 16.9 Å². The van der Waals surface area contributed by atoms with Gasteiger partial charge in [-0.1, -0.05) is 54.1 Å². The molecule has 1 unspecified atom stereocenters. The van der Waals surface area contributed by atoms with Gasteiger partial charge in [0.2, 0.25) is 0 Å². The topological polar surface area (TPSA) is 24.1 Å². The number of benzene rings is 2. The molecule has 2 nitrogen and oxygen atoms in total. The molecular weight excluding hydrogens is 319 g/mol. The first kappa shape index (κ1) is 15.3. The Hall–Kier alpha value is -1.65. The van der Waals surface area contributed by atoms with Gasteiger partial charge in [0, 0.05) is 17.5 Å². The molecular formula is C17H16ClFN2S. The fourth-order valence-electron chi connectivity index (χ4n) is 2.46. The third kappa shape index (κ3) is 3.57. The molecule has 0 bridgehead atoms. The molecule has 1 aliphatic heterocycles. The predicted molar refractivity (Wildman–Crippen MR) is 91.1 cm³/mol. The van der Waals surface area contributed by atoms with Crippen molar-refractivity contribution in [1.29, 1.82) is 0 Å². The van der Waals surface area contributed by atoms with Crippen LogP contribution in [-0.4, -0.2) is 5.75 Å². The first-order valence-corrected chi connectivity index (χ1v) is 8.41. The summed E-state index contributed by atoms with van der Waals surface area (Å²) >= 11 is 7.55. The summed E-state index contributed by atoms with van der Waals surface area (Å²) < 4.78 is 17.5. The summed E-state index contributed by atoms with van der Waals surface area (Å²) in [5.41, 5.74) is 2.80. The van der Waals surface area contributed by atoms with Gasteiger partial charge in [0.15, 0.2) is 0 Å². The Balaban J connectivity index is 1.89. The maximum Gasteiger partial charge on any atom is 0.147 e. The minimum atomic E-state index is -0.350. The Labute approximate surface area is 138 Å². The molecule has 5 heteroatoms. The second kappa shape index (κ2) is 7.07. The van der Waals surface area contributed by atoms with E-state index in [1.54, 1.807) is 30.1 Å². The molecule has 0 radical (unpaired) electrons. The molecule has 2 N–H and O–H groups in total. The number of hydrogen-bond donors (Lipinski definition) is 2. The van der Waals surface area contributed by atoms with Crippen molar-refractivity contribution in [3.05, 3.63) is 82.4 Å². The zero-order chi connectivity index (χ0) is 15.4. The number of halogens is 2. The second-order valence-corrected chi connectivity index (χ2v) is 6.33. The Kier molecular flexibility index (Phi) is 4.90. The van der Waals surface area contributed by atoms with Gasteiger partial charge in [0.05, 0.1) is 16.8 Å². The van der Waals surface area contributed by atoms with Crippen LogP contribution in [-0.2, 0) is 6.42 Å². The van der Waals surface area contributed by atoms with Crippen molar-refractivity contribution in [3.63, 3.8) is 0 Å². The molecule has 2 aromatic rings. The van der Waals surface area contributed by atoms with Gasteiger partial charge in [0.25, 0.3) is 0 Å². The van der Waals surface area contributed by atoms with E-state index in [1.165, 1.54) is 0 Å². The van der Waals surface area contributed by atoms with Crippen LogP contribution in [0.15, 0.2) is 60.4 Å². The van der Waals surface area contributed by atoms with Gasteiger partial charge in [-0.15, -0.1) is 0 Å².